The molecular formula is C15H16F3N3OS. The average molecular weight is 343 g/mol. The first kappa shape index (κ1) is 17.4. The number of alkyl halides is 3. The van der Waals surface area contributed by atoms with Gasteiger partial charge in [-0.1, -0.05) is 12.1 Å². The lowest BCUT2D eigenvalue weighted by Crippen LogP contribution is -2.48. The molecule has 2 rings (SSSR count). The van der Waals surface area contributed by atoms with Crippen LogP contribution in [0.25, 0.3) is 10.6 Å². The fourth-order valence-corrected chi connectivity index (χ4v) is 2.55. The van der Waals surface area contributed by atoms with Crippen molar-refractivity contribution in [2.24, 2.45) is 5.73 Å². The topological polar surface area (TPSA) is 68.0 Å². The van der Waals surface area contributed by atoms with Crippen LogP contribution in [0, 0.1) is 0 Å². The van der Waals surface area contributed by atoms with Crippen LogP contribution in [0.5, 0.6) is 0 Å². The van der Waals surface area contributed by atoms with Crippen molar-refractivity contribution in [3.63, 3.8) is 0 Å². The second kappa shape index (κ2) is 6.29. The van der Waals surface area contributed by atoms with Crippen LogP contribution in [0.2, 0.25) is 0 Å². The van der Waals surface area contributed by atoms with E-state index in [9.17, 15) is 18.0 Å². The summed E-state index contributed by atoms with van der Waals surface area (Å²) in [5.74, 6) is -0.304. The van der Waals surface area contributed by atoms with Gasteiger partial charge in [0.15, 0.2) is 0 Å². The molecule has 3 N–H and O–H groups in total. The van der Waals surface area contributed by atoms with E-state index < -0.39 is 17.3 Å². The van der Waals surface area contributed by atoms with Crippen LogP contribution in [0.4, 0.5) is 13.2 Å². The van der Waals surface area contributed by atoms with Gasteiger partial charge in [-0.15, -0.1) is 11.3 Å². The van der Waals surface area contributed by atoms with Gasteiger partial charge in [-0.3, -0.25) is 4.79 Å². The minimum absolute atomic E-state index is 0.219. The molecule has 0 bridgehead atoms. The molecule has 1 amide bonds. The Morgan fingerprint density at radius 2 is 1.87 bits per heavy atom. The molecule has 1 aromatic heterocycles. The van der Waals surface area contributed by atoms with Crippen LogP contribution in [0.3, 0.4) is 0 Å². The van der Waals surface area contributed by atoms with Gasteiger partial charge in [0.25, 0.3) is 0 Å². The number of nitrogens with one attached hydrogen (secondary N) is 1. The highest BCUT2D eigenvalue weighted by Crippen LogP contribution is 2.31. The van der Waals surface area contributed by atoms with Crippen molar-refractivity contribution in [2.45, 2.75) is 32.1 Å². The SMILES string of the molecule is CC(C)(N)C(=O)NCc1csc(-c2ccc(C(F)(F)F)cc2)n1. The Hall–Kier alpha value is -1.93. The summed E-state index contributed by atoms with van der Waals surface area (Å²) >= 11 is 1.30. The summed E-state index contributed by atoms with van der Waals surface area (Å²) in [5.41, 5.74) is 5.21. The van der Waals surface area contributed by atoms with Gasteiger partial charge < -0.3 is 11.1 Å². The van der Waals surface area contributed by atoms with Crippen LogP contribution in [-0.2, 0) is 17.5 Å². The van der Waals surface area contributed by atoms with Gasteiger partial charge in [0.1, 0.15) is 5.01 Å². The maximum atomic E-state index is 12.5. The normalized spacial score (nSPS) is 12.3. The minimum atomic E-state index is -4.36. The van der Waals surface area contributed by atoms with Gasteiger partial charge in [-0.25, -0.2) is 4.98 Å². The Morgan fingerprint density at radius 3 is 2.39 bits per heavy atom. The van der Waals surface area contributed by atoms with Crippen molar-refractivity contribution in [2.75, 3.05) is 0 Å². The summed E-state index contributed by atoms with van der Waals surface area (Å²) in [4.78, 5) is 16.0. The standard InChI is InChI=1S/C15H16F3N3OS/c1-14(2,19)13(22)20-7-11-8-23-12(21-11)9-3-5-10(6-4-9)15(16,17)18/h3-6,8H,7,19H2,1-2H3,(H,20,22). The molecule has 0 fully saturated rings. The van der Waals surface area contributed by atoms with Crippen molar-refractivity contribution in [3.8, 4) is 10.6 Å². The molecule has 0 unspecified atom stereocenters. The van der Waals surface area contributed by atoms with Crippen LogP contribution < -0.4 is 11.1 Å². The Labute approximate surface area is 135 Å². The molecule has 0 aliphatic rings. The van der Waals surface area contributed by atoms with Gasteiger partial charge >= 0.3 is 6.18 Å². The molecule has 8 heteroatoms. The second-order valence-electron chi connectivity index (χ2n) is 5.62. The molecule has 0 saturated carbocycles. The van der Waals surface area contributed by atoms with Gasteiger partial charge in [0.05, 0.1) is 23.3 Å². The first-order valence-corrected chi connectivity index (χ1v) is 7.64. The lowest BCUT2D eigenvalue weighted by Gasteiger charge is -2.17. The van der Waals surface area contributed by atoms with E-state index in [-0.39, 0.29) is 12.5 Å². The van der Waals surface area contributed by atoms with E-state index in [4.69, 9.17) is 5.73 Å². The fraction of sp³-hybridized carbons (Fsp3) is 0.333. The predicted octanol–water partition coefficient (Wildman–Crippen LogP) is 3.18. The van der Waals surface area contributed by atoms with Gasteiger partial charge in [0.2, 0.25) is 5.91 Å². The molecule has 0 radical (unpaired) electrons. The number of hydrogen-bond acceptors (Lipinski definition) is 4. The summed E-state index contributed by atoms with van der Waals surface area (Å²) in [5, 5.41) is 5.00. The Balaban J connectivity index is 2.06. The number of halogens is 3. The number of amides is 1. The number of nitrogens with two attached hydrogens (primary N) is 1. The third-order valence-electron chi connectivity index (χ3n) is 3.03. The van der Waals surface area contributed by atoms with E-state index in [0.717, 1.165) is 12.1 Å². The zero-order chi connectivity index (χ0) is 17.3. The second-order valence-corrected chi connectivity index (χ2v) is 6.48. The molecule has 23 heavy (non-hydrogen) atoms. The van der Waals surface area contributed by atoms with E-state index in [1.807, 2.05) is 0 Å². The summed E-state index contributed by atoms with van der Waals surface area (Å²) in [6, 6.07) is 4.81. The fourth-order valence-electron chi connectivity index (χ4n) is 1.72. The number of rotatable bonds is 4. The molecule has 0 atom stereocenters. The highest BCUT2D eigenvalue weighted by molar-refractivity contribution is 7.13. The van der Waals surface area contributed by atoms with Gasteiger partial charge in [0, 0.05) is 10.9 Å². The smallest absolute Gasteiger partial charge is 0.349 e. The number of carbonyl (C=O) groups is 1. The van der Waals surface area contributed by atoms with E-state index in [1.165, 1.54) is 23.5 Å². The molecule has 124 valence electrons. The van der Waals surface area contributed by atoms with Crippen molar-refractivity contribution in [3.05, 3.63) is 40.9 Å². The molecule has 1 aromatic carbocycles. The molecule has 0 spiro atoms. The number of thiazole rings is 1. The van der Waals surface area contributed by atoms with E-state index >= 15 is 0 Å². The van der Waals surface area contributed by atoms with Gasteiger partial charge in [-0.2, -0.15) is 13.2 Å². The number of benzene rings is 1. The third-order valence-corrected chi connectivity index (χ3v) is 3.97. The van der Waals surface area contributed by atoms with E-state index in [0.29, 0.717) is 16.3 Å². The zero-order valence-corrected chi connectivity index (χ0v) is 13.4. The summed E-state index contributed by atoms with van der Waals surface area (Å²) in [6.07, 6.45) is -4.36. The highest BCUT2D eigenvalue weighted by atomic mass is 32.1. The average Bonchev–Trinajstić information content (AvgIpc) is 2.91. The monoisotopic (exact) mass is 343 g/mol. The van der Waals surface area contributed by atoms with Crippen LogP contribution >= 0.6 is 11.3 Å². The minimum Gasteiger partial charge on any atom is -0.349 e. The predicted molar refractivity (Wildman–Crippen MR) is 82.7 cm³/mol. The van der Waals surface area contributed by atoms with Crippen molar-refractivity contribution in [1.82, 2.24) is 10.3 Å². The largest absolute Gasteiger partial charge is 0.416 e. The van der Waals surface area contributed by atoms with Crippen LogP contribution in [-0.4, -0.2) is 16.4 Å². The van der Waals surface area contributed by atoms with Crippen LogP contribution in [0.1, 0.15) is 25.1 Å². The number of aromatic nitrogens is 1. The molecule has 4 nitrogen and oxygen atoms in total. The quantitative estimate of drug-likeness (QED) is 0.896. The highest BCUT2D eigenvalue weighted by Gasteiger charge is 2.30. The summed E-state index contributed by atoms with van der Waals surface area (Å²) in [7, 11) is 0. The first-order valence-electron chi connectivity index (χ1n) is 6.76. The van der Waals surface area contributed by atoms with Crippen molar-refractivity contribution in [1.29, 1.82) is 0 Å². The Morgan fingerprint density at radius 1 is 1.26 bits per heavy atom. The molecule has 0 aliphatic heterocycles. The number of hydrogen-bond donors (Lipinski definition) is 2. The number of nitrogens with zero attached hydrogens (tertiary/aromatic N) is 1. The Kier molecular flexibility index (Phi) is 4.76. The Bertz CT molecular complexity index is 687. The first-order chi connectivity index (χ1) is 10.6. The van der Waals surface area contributed by atoms with Crippen molar-refractivity contribution >= 4 is 17.2 Å². The lowest BCUT2D eigenvalue weighted by molar-refractivity contribution is -0.137. The van der Waals surface area contributed by atoms with E-state index in [1.54, 1.807) is 19.2 Å². The zero-order valence-electron chi connectivity index (χ0n) is 12.6. The summed E-state index contributed by atoms with van der Waals surface area (Å²) < 4.78 is 37.6. The molecular weight excluding hydrogens is 327 g/mol. The van der Waals surface area contributed by atoms with Crippen molar-refractivity contribution < 1.29 is 18.0 Å². The number of carbonyl (C=O) groups excluding carboxylic acids is 1. The van der Waals surface area contributed by atoms with Gasteiger partial charge in [-0.05, 0) is 26.0 Å². The maximum Gasteiger partial charge on any atom is 0.416 e. The lowest BCUT2D eigenvalue weighted by atomic mass is 10.1. The maximum absolute atomic E-state index is 12.5. The molecule has 2 aromatic rings. The molecule has 0 aliphatic carbocycles. The van der Waals surface area contributed by atoms with Crippen LogP contribution in [0.15, 0.2) is 29.6 Å². The van der Waals surface area contributed by atoms with E-state index in [2.05, 4.69) is 10.3 Å². The summed E-state index contributed by atoms with van der Waals surface area (Å²) in [6.45, 7) is 3.41. The molecule has 0 saturated heterocycles. The molecule has 1 heterocycles. The third kappa shape index (κ3) is 4.52.